The van der Waals surface area contributed by atoms with Gasteiger partial charge in [0.05, 0.1) is 5.56 Å². The van der Waals surface area contributed by atoms with Crippen LogP contribution in [0.25, 0.3) is 0 Å². The second kappa shape index (κ2) is 5.79. The second-order valence-electron chi connectivity index (χ2n) is 7.53. The molecule has 3 rings (SSSR count). The van der Waals surface area contributed by atoms with Gasteiger partial charge in [0, 0.05) is 17.9 Å². The lowest BCUT2D eigenvalue weighted by atomic mass is 9.82. The van der Waals surface area contributed by atoms with E-state index >= 15 is 0 Å². The van der Waals surface area contributed by atoms with E-state index in [1.165, 1.54) is 12.1 Å². The fourth-order valence-corrected chi connectivity index (χ4v) is 3.67. The zero-order valence-corrected chi connectivity index (χ0v) is 14.7. The zero-order valence-electron chi connectivity index (χ0n) is 14.7. The van der Waals surface area contributed by atoms with Crippen LogP contribution >= 0.6 is 0 Å². The number of rotatable bonds is 4. The average Bonchev–Trinajstić information content (AvgIpc) is 3.07. The Balaban J connectivity index is 1.92. The van der Waals surface area contributed by atoms with Gasteiger partial charge in [0.15, 0.2) is 5.78 Å². The number of alkyl halides is 3. The first-order chi connectivity index (χ1) is 11.9. The minimum Gasteiger partial charge on any atom is -0.311 e. The van der Waals surface area contributed by atoms with Crippen molar-refractivity contribution < 1.29 is 18.0 Å². The molecule has 0 amide bonds. The predicted molar refractivity (Wildman–Crippen MR) is 90.1 cm³/mol. The fraction of sp³-hybridized carbons (Fsp3) is 0.421. The van der Waals surface area contributed by atoms with Crippen LogP contribution in [0, 0.1) is 12.3 Å². The van der Waals surface area contributed by atoms with Gasteiger partial charge in [0.2, 0.25) is 0 Å². The maximum Gasteiger partial charge on any atom is 0.416 e. The number of Topliss-reactive ketones (excluding diaryl/α,β-unsaturated/α-hetero) is 1. The van der Waals surface area contributed by atoms with E-state index in [4.69, 9.17) is 0 Å². The monoisotopic (exact) mass is 364 g/mol. The van der Waals surface area contributed by atoms with Crippen molar-refractivity contribution in [3.63, 3.8) is 0 Å². The molecular formula is C19H19F3N2O2. The van der Waals surface area contributed by atoms with E-state index < -0.39 is 22.7 Å². The van der Waals surface area contributed by atoms with Gasteiger partial charge in [-0.1, -0.05) is 26.0 Å². The van der Waals surface area contributed by atoms with Crippen molar-refractivity contribution in [2.75, 3.05) is 0 Å². The molecule has 1 aliphatic rings. The maximum atomic E-state index is 12.8. The molecule has 1 N–H and O–H groups in total. The van der Waals surface area contributed by atoms with Crippen LogP contribution in [0.1, 0.15) is 54.1 Å². The molecule has 7 heteroatoms. The SMILES string of the molecule is Cc1nc(C(=O)CC2(c3ccc(C(F)(F)F)cc3)CC2(C)C)cc(=O)[nH]1. The fourth-order valence-electron chi connectivity index (χ4n) is 3.67. The van der Waals surface area contributed by atoms with Crippen molar-refractivity contribution in [1.82, 2.24) is 9.97 Å². The van der Waals surface area contributed by atoms with Gasteiger partial charge >= 0.3 is 6.18 Å². The van der Waals surface area contributed by atoms with Gasteiger partial charge in [-0.05, 0) is 36.5 Å². The van der Waals surface area contributed by atoms with Crippen LogP contribution in [0.5, 0.6) is 0 Å². The summed E-state index contributed by atoms with van der Waals surface area (Å²) >= 11 is 0. The number of aromatic amines is 1. The van der Waals surface area contributed by atoms with E-state index in [0.29, 0.717) is 17.8 Å². The largest absolute Gasteiger partial charge is 0.416 e. The first-order valence-electron chi connectivity index (χ1n) is 8.24. The van der Waals surface area contributed by atoms with E-state index in [0.717, 1.165) is 18.2 Å². The summed E-state index contributed by atoms with van der Waals surface area (Å²) in [7, 11) is 0. The number of nitrogens with zero attached hydrogens (tertiary/aromatic N) is 1. The Morgan fingerprint density at radius 3 is 2.27 bits per heavy atom. The minimum atomic E-state index is -4.40. The predicted octanol–water partition coefficient (Wildman–Crippen LogP) is 4.04. The first kappa shape index (κ1) is 18.4. The van der Waals surface area contributed by atoms with E-state index in [2.05, 4.69) is 9.97 Å². The van der Waals surface area contributed by atoms with Gasteiger partial charge in [-0.25, -0.2) is 4.98 Å². The molecule has 1 saturated carbocycles. The van der Waals surface area contributed by atoms with Gasteiger partial charge in [0.1, 0.15) is 11.5 Å². The summed E-state index contributed by atoms with van der Waals surface area (Å²) in [6.45, 7) is 5.55. The zero-order chi connectivity index (χ0) is 19.3. The number of carbonyl (C=O) groups excluding carboxylic acids is 1. The Bertz CT molecular complexity index is 914. The van der Waals surface area contributed by atoms with E-state index in [1.54, 1.807) is 6.92 Å². The summed E-state index contributed by atoms with van der Waals surface area (Å²) in [4.78, 5) is 30.8. The Kier molecular flexibility index (Phi) is 4.09. The molecule has 138 valence electrons. The number of H-pyrrole nitrogens is 1. The summed E-state index contributed by atoms with van der Waals surface area (Å²) in [6, 6.07) is 6.14. The topological polar surface area (TPSA) is 62.8 Å². The Morgan fingerprint density at radius 1 is 1.23 bits per heavy atom. The van der Waals surface area contributed by atoms with E-state index in [-0.39, 0.29) is 23.3 Å². The van der Waals surface area contributed by atoms with Gasteiger partial charge < -0.3 is 4.98 Å². The molecule has 0 radical (unpaired) electrons. The summed E-state index contributed by atoms with van der Waals surface area (Å²) in [5.74, 6) is 0.0594. The number of aryl methyl sites for hydroxylation is 1. The number of benzene rings is 1. The van der Waals surface area contributed by atoms with Crippen LogP contribution in [0.2, 0.25) is 0 Å². The normalized spacial score (nSPS) is 21.5. The van der Waals surface area contributed by atoms with Crippen molar-refractivity contribution >= 4 is 5.78 Å². The highest BCUT2D eigenvalue weighted by atomic mass is 19.4. The smallest absolute Gasteiger partial charge is 0.311 e. The highest BCUT2D eigenvalue weighted by molar-refractivity contribution is 5.95. The summed E-state index contributed by atoms with van der Waals surface area (Å²) in [6.07, 6.45) is -3.62. The van der Waals surface area contributed by atoms with Crippen molar-refractivity contribution in [1.29, 1.82) is 0 Å². The van der Waals surface area contributed by atoms with Gasteiger partial charge in [0.25, 0.3) is 5.56 Å². The van der Waals surface area contributed by atoms with Crippen LogP contribution in [-0.2, 0) is 11.6 Å². The van der Waals surface area contributed by atoms with Crippen molar-refractivity contribution in [2.45, 2.75) is 45.2 Å². The average molecular weight is 364 g/mol. The number of aromatic nitrogens is 2. The molecule has 1 atom stereocenters. The lowest BCUT2D eigenvalue weighted by Crippen LogP contribution is -2.22. The molecule has 1 aliphatic carbocycles. The number of hydrogen-bond acceptors (Lipinski definition) is 3. The number of halogens is 3. The second-order valence-corrected chi connectivity index (χ2v) is 7.53. The van der Waals surface area contributed by atoms with Gasteiger partial charge in [-0.3, -0.25) is 9.59 Å². The van der Waals surface area contributed by atoms with Crippen LogP contribution in [0.4, 0.5) is 13.2 Å². The van der Waals surface area contributed by atoms with E-state index in [1.807, 2.05) is 13.8 Å². The molecule has 1 unspecified atom stereocenters. The molecule has 0 saturated heterocycles. The first-order valence-corrected chi connectivity index (χ1v) is 8.24. The quantitative estimate of drug-likeness (QED) is 0.833. The number of ketones is 1. The molecule has 0 bridgehead atoms. The Labute approximate surface area is 148 Å². The lowest BCUT2D eigenvalue weighted by molar-refractivity contribution is -0.137. The molecular weight excluding hydrogens is 345 g/mol. The van der Waals surface area contributed by atoms with E-state index in [9.17, 15) is 22.8 Å². The lowest BCUT2D eigenvalue weighted by Gasteiger charge is -2.21. The van der Waals surface area contributed by atoms with Gasteiger partial charge in [-0.15, -0.1) is 0 Å². The van der Waals surface area contributed by atoms with Crippen LogP contribution < -0.4 is 5.56 Å². The maximum absolute atomic E-state index is 12.8. The summed E-state index contributed by atoms with van der Waals surface area (Å²) in [5, 5.41) is 0. The molecule has 4 nitrogen and oxygen atoms in total. The molecule has 26 heavy (non-hydrogen) atoms. The summed E-state index contributed by atoms with van der Waals surface area (Å²) in [5.41, 5.74) is -1.11. The van der Waals surface area contributed by atoms with Crippen LogP contribution in [0.15, 0.2) is 35.1 Å². The molecule has 1 heterocycles. The third-order valence-electron chi connectivity index (χ3n) is 5.29. The highest BCUT2D eigenvalue weighted by Crippen LogP contribution is 2.66. The Morgan fingerprint density at radius 2 is 1.81 bits per heavy atom. The molecule has 0 aliphatic heterocycles. The van der Waals surface area contributed by atoms with Crippen molar-refractivity contribution in [3.8, 4) is 0 Å². The molecule has 1 aromatic heterocycles. The number of carbonyl (C=O) groups is 1. The highest BCUT2D eigenvalue weighted by Gasteiger charge is 2.62. The number of nitrogens with one attached hydrogen (secondary N) is 1. The summed E-state index contributed by atoms with van der Waals surface area (Å²) < 4.78 is 38.4. The third kappa shape index (κ3) is 3.18. The Hall–Kier alpha value is -2.44. The molecule has 0 spiro atoms. The molecule has 2 aromatic rings. The minimum absolute atomic E-state index is 0.0836. The third-order valence-corrected chi connectivity index (χ3v) is 5.29. The van der Waals surface area contributed by atoms with Crippen LogP contribution in [-0.4, -0.2) is 15.8 Å². The standard InChI is InChI=1S/C19H19F3N2O2/c1-11-23-14(8-16(26)24-11)15(25)9-18(10-17(18,2)3)12-4-6-13(7-5-12)19(20,21)22/h4-8H,9-10H2,1-3H3,(H,23,24,26). The molecule has 1 fully saturated rings. The van der Waals surface area contributed by atoms with Gasteiger partial charge in [-0.2, -0.15) is 13.2 Å². The molecule has 1 aromatic carbocycles. The van der Waals surface area contributed by atoms with Crippen LogP contribution in [0.3, 0.4) is 0 Å². The number of hydrogen-bond donors (Lipinski definition) is 1. The van der Waals surface area contributed by atoms with Crippen molar-refractivity contribution in [3.05, 3.63) is 63.3 Å². The van der Waals surface area contributed by atoms with Crippen molar-refractivity contribution in [2.24, 2.45) is 5.41 Å².